The first-order valence-electron chi connectivity index (χ1n) is 11.1. The second-order valence-corrected chi connectivity index (χ2v) is 11.5. The van der Waals surface area contributed by atoms with Crippen LogP contribution in [0.4, 0.5) is 10.5 Å². The van der Waals surface area contributed by atoms with Gasteiger partial charge in [-0.3, -0.25) is 5.41 Å². The van der Waals surface area contributed by atoms with Crippen molar-refractivity contribution in [3.63, 3.8) is 0 Å². The Balaban J connectivity index is 1.39. The Hall–Kier alpha value is -2.41. The minimum atomic E-state index is -0.688. The van der Waals surface area contributed by atoms with E-state index in [2.05, 4.69) is 28.5 Å². The molecule has 4 rings (SSSR count). The number of benzene rings is 1. The van der Waals surface area contributed by atoms with E-state index in [4.69, 9.17) is 21.6 Å². The van der Waals surface area contributed by atoms with Crippen molar-refractivity contribution in [3.05, 3.63) is 46.2 Å². The Morgan fingerprint density at radius 1 is 1.26 bits per heavy atom. The summed E-state index contributed by atoms with van der Waals surface area (Å²) < 4.78 is 5.29. The van der Waals surface area contributed by atoms with Crippen LogP contribution in [0.25, 0.3) is 0 Å². The summed E-state index contributed by atoms with van der Waals surface area (Å²) in [4.78, 5) is 16.0. The summed E-state index contributed by atoms with van der Waals surface area (Å²) in [7, 11) is -0.637. The number of hydrogen-bond donors (Lipinski definition) is 4. The van der Waals surface area contributed by atoms with E-state index in [1.807, 2.05) is 26.0 Å². The zero-order valence-electron chi connectivity index (χ0n) is 18.4. The van der Waals surface area contributed by atoms with Crippen LogP contribution in [0, 0.1) is 11.3 Å². The molecule has 0 aromatic heterocycles. The number of hydrogen-bond acceptors (Lipinski definition) is 4. The Morgan fingerprint density at radius 3 is 2.68 bits per heavy atom. The standard InChI is InChI=1S/C24H34N4O2S/c1-24(2,30-23(27)29)15-16-5-7-18(8-6-16)28-12-11-17-14-19(9-10-20(17)28)31-13-3-4-21(31)22(25)26/h3-4,9-10,13-14,16,18,31H,5-8,11-12,15H2,1-2H3,(H3,25,26)(H2,27,29). The van der Waals surface area contributed by atoms with Gasteiger partial charge in [-0.15, -0.1) is 0 Å². The van der Waals surface area contributed by atoms with Gasteiger partial charge in [-0.25, -0.2) is 4.79 Å². The van der Waals surface area contributed by atoms with Crippen molar-refractivity contribution < 1.29 is 9.53 Å². The summed E-state index contributed by atoms with van der Waals surface area (Å²) in [6, 6.07) is 7.42. The molecule has 1 amide bonds. The normalized spacial score (nSPS) is 26.5. The Kier molecular flexibility index (Phi) is 6.06. The molecular formula is C24H34N4O2S. The average Bonchev–Trinajstić information content (AvgIpc) is 3.34. The van der Waals surface area contributed by atoms with E-state index in [0.29, 0.717) is 12.0 Å². The molecule has 3 aliphatic rings. The molecule has 2 aliphatic heterocycles. The summed E-state index contributed by atoms with van der Waals surface area (Å²) in [6.07, 6.45) is 9.91. The van der Waals surface area contributed by atoms with E-state index in [0.717, 1.165) is 37.1 Å². The van der Waals surface area contributed by atoms with Crippen LogP contribution in [-0.4, -0.2) is 30.1 Å². The minimum absolute atomic E-state index is 0.180. The lowest BCUT2D eigenvalue weighted by molar-refractivity contribution is 0.0212. The first kappa shape index (κ1) is 21.8. The molecule has 1 aliphatic carbocycles. The number of rotatable bonds is 6. The fourth-order valence-electron chi connectivity index (χ4n) is 5.44. The minimum Gasteiger partial charge on any atom is -0.444 e. The smallest absolute Gasteiger partial charge is 0.405 e. The van der Waals surface area contributed by atoms with Crippen molar-refractivity contribution in [1.29, 1.82) is 5.41 Å². The number of ether oxygens (including phenoxy) is 1. The van der Waals surface area contributed by atoms with Gasteiger partial charge >= 0.3 is 6.09 Å². The number of fused-ring (bicyclic) bond motifs is 1. The van der Waals surface area contributed by atoms with Crippen molar-refractivity contribution in [2.75, 3.05) is 11.4 Å². The van der Waals surface area contributed by atoms with Gasteiger partial charge in [0.05, 0.1) is 0 Å². The first-order chi connectivity index (χ1) is 14.7. The monoisotopic (exact) mass is 442 g/mol. The third kappa shape index (κ3) is 4.76. The molecule has 0 radical (unpaired) electrons. The van der Waals surface area contributed by atoms with E-state index in [-0.39, 0.29) is 5.84 Å². The van der Waals surface area contributed by atoms with Crippen molar-refractivity contribution >= 4 is 28.5 Å². The number of anilines is 1. The fraction of sp³-hybridized carbons (Fsp3) is 0.500. The quantitative estimate of drug-likeness (QED) is 0.294. The summed E-state index contributed by atoms with van der Waals surface area (Å²) >= 11 is 0. The molecule has 1 saturated carbocycles. The molecule has 1 aromatic rings. The summed E-state index contributed by atoms with van der Waals surface area (Å²) in [6.45, 7) is 4.98. The third-order valence-electron chi connectivity index (χ3n) is 6.71. The van der Waals surface area contributed by atoms with Gasteiger partial charge in [0, 0.05) is 23.2 Å². The highest BCUT2D eigenvalue weighted by atomic mass is 32.2. The Bertz CT molecular complexity index is 932. The highest BCUT2D eigenvalue weighted by Gasteiger charge is 2.33. The van der Waals surface area contributed by atoms with Crippen LogP contribution in [0.3, 0.4) is 0 Å². The number of nitrogens with zero attached hydrogens (tertiary/aromatic N) is 1. The number of primary amides is 1. The van der Waals surface area contributed by atoms with Gasteiger partial charge in [-0.1, -0.05) is 6.08 Å². The molecule has 0 bridgehead atoms. The number of allylic oxidation sites excluding steroid dienone is 2. The maximum atomic E-state index is 11.1. The lowest BCUT2D eigenvalue weighted by Crippen LogP contribution is -2.39. The molecule has 6 nitrogen and oxygen atoms in total. The van der Waals surface area contributed by atoms with Crippen molar-refractivity contribution in [3.8, 4) is 0 Å². The average molecular weight is 443 g/mol. The molecule has 1 atom stereocenters. The van der Waals surface area contributed by atoms with Crippen LogP contribution in [0.15, 0.2) is 45.6 Å². The van der Waals surface area contributed by atoms with E-state index in [1.165, 1.54) is 29.0 Å². The number of amidine groups is 1. The second-order valence-electron chi connectivity index (χ2n) is 9.49. The van der Waals surface area contributed by atoms with Gasteiger partial charge in [-0.05, 0) is 98.4 Å². The van der Waals surface area contributed by atoms with Crippen molar-refractivity contribution in [2.24, 2.45) is 17.4 Å². The molecule has 31 heavy (non-hydrogen) atoms. The van der Waals surface area contributed by atoms with Gasteiger partial charge in [0.2, 0.25) is 0 Å². The number of carbonyl (C=O) groups is 1. The Labute approximate surface area is 187 Å². The SMILES string of the molecule is CC(C)(CC1CCC(N2CCc3cc([SH]4C=CC=C4C(=N)N)ccc32)CC1)OC(N)=O. The van der Waals surface area contributed by atoms with Gasteiger partial charge in [0.25, 0.3) is 0 Å². The van der Waals surface area contributed by atoms with E-state index in [1.54, 1.807) is 0 Å². The molecule has 1 aromatic carbocycles. The largest absolute Gasteiger partial charge is 0.444 e. The summed E-state index contributed by atoms with van der Waals surface area (Å²) in [5.74, 6) is 0.753. The molecule has 5 N–H and O–H groups in total. The number of nitrogens with two attached hydrogens (primary N) is 2. The summed E-state index contributed by atoms with van der Waals surface area (Å²) in [5.41, 5.74) is 13.3. The maximum absolute atomic E-state index is 11.1. The fourth-order valence-corrected chi connectivity index (χ4v) is 7.34. The van der Waals surface area contributed by atoms with Crippen LogP contribution in [0.2, 0.25) is 0 Å². The first-order valence-corrected chi connectivity index (χ1v) is 12.5. The van der Waals surface area contributed by atoms with Gasteiger partial charge in [0.1, 0.15) is 11.4 Å². The highest BCUT2D eigenvalue weighted by Crippen LogP contribution is 2.50. The number of amides is 1. The van der Waals surface area contributed by atoms with Crippen LogP contribution in [0.1, 0.15) is 51.5 Å². The molecule has 7 heteroatoms. The Morgan fingerprint density at radius 2 is 2.00 bits per heavy atom. The van der Waals surface area contributed by atoms with Gasteiger partial charge in [-0.2, -0.15) is 10.9 Å². The van der Waals surface area contributed by atoms with Crippen molar-refractivity contribution in [1.82, 2.24) is 0 Å². The van der Waals surface area contributed by atoms with Crippen LogP contribution >= 0.6 is 10.9 Å². The predicted molar refractivity (Wildman–Crippen MR) is 129 cm³/mol. The molecular weight excluding hydrogens is 408 g/mol. The van der Waals surface area contributed by atoms with Crippen LogP contribution in [0.5, 0.6) is 0 Å². The maximum Gasteiger partial charge on any atom is 0.405 e. The number of carbonyl (C=O) groups excluding carboxylic acids is 1. The van der Waals surface area contributed by atoms with Crippen LogP contribution < -0.4 is 16.4 Å². The molecule has 1 unspecified atom stereocenters. The highest BCUT2D eigenvalue weighted by molar-refractivity contribution is 8.23. The predicted octanol–water partition coefficient (Wildman–Crippen LogP) is 4.58. The third-order valence-corrected chi connectivity index (χ3v) is 8.93. The van der Waals surface area contributed by atoms with Gasteiger partial charge in [0.15, 0.2) is 0 Å². The molecule has 0 spiro atoms. The van der Waals surface area contributed by atoms with E-state index in [9.17, 15) is 4.79 Å². The van der Waals surface area contributed by atoms with Crippen molar-refractivity contribution in [2.45, 2.75) is 68.9 Å². The molecule has 2 heterocycles. The van der Waals surface area contributed by atoms with Gasteiger partial charge < -0.3 is 21.1 Å². The molecule has 168 valence electrons. The van der Waals surface area contributed by atoms with Crippen LogP contribution in [-0.2, 0) is 11.2 Å². The number of thiol groups is 1. The van der Waals surface area contributed by atoms with E-state index < -0.39 is 22.6 Å². The lowest BCUT2D eigenvalue weighted by atomic mass is 9.79. The topological polar surface area (TPSA) is 105 Å². The zero-order chi connectivity index (χ0) is 22.2. The number of nitrogens with one attached hydrogen (secondary N) is 1. The summed E-state index contributed by atoms with van der Waals surface area (Å²) in [5, 5.41) is 10.0. The lowest BCUT2D eigenvalue weighted by Gasteiger charge is -2.38. The zero-order valence-corrected chi connectivity index (χ0v) is 19.3. The second kappa shape index (κ2) is 8.61. The van der Waals surface area contributed by atoms with E-state index >= 15 is 0 Å². The molecule has 1 fully saturated rings. The molecule has 0 saturated heterocycles.